The van der Waals surface area contributed by atoms with Crippen molar-refractivity contribution in [3.8, 4) is 0 Å². The molecule has 2 aromatic rings. The lowest BCUT2D eigenvalue weighted by Gasteiger charge is -2.20. The van der Waals surface area contributed by atoms with E-state index < -0.39 is 5.91 Å². The van der Waals surface area contributed by atoms with Gasteiger partial charge in [0.2, 0.25) is 0 Å². The minimum Gasteiger partial charge on any atom is -0.349 e. The maximum atomic E-state index is 13.0. The third kappa shape index (κ3) is 4.44. The van der Waals surface area contributed by atoms with Crippen LogP contribution in [0.5, 0.6) is 0 Å². The molecular weight excluding hydrogens is 354 g/mol. The lowest BCUT2D eigenvalue weighted by Crippen LogP contribution is -2.30. The molecule has 1 aromatic heterocycles. The van der Waals surface area contributed by atoms with Gasteiger partial charge in [-0.05, 0) is 42.5 Å². The van der Waals surface area contributed by atoms with Crippen LogP contribution in [-0.4, -0.2) is 33.0 Å². The number of benzene rings is 1. The molecule has 0 aliphatic carbocycles. The summed E-state index contributed by atoms with van der Waals surface area (Å²) in [6.45, 7) is 6.30. The Kier molecular flexibility index (Phi) is 6.52. The largest absolute Gasteiger partial charge is 0.349 e. The average Bonchev–Trinajstić information content (AvgIpc) is 3.02. The van der Waals surface area contributed by atoms with Crippen molar-refractivity contribution < 1.29 is 14.8 Å². The molecule has 1 unspecified atom stereocenters. The number of hydrogen-bond acceptors (Lipinski definition) is 3. The van der Waals surface area contributed by atoms with Crippen molar-refractivity contribution in [1.82, 2.24) is 14.9 Å². The Morgan fingerprint density at radius 1 is 1.18 bits per heavy atom. The van der Waals surface area contributed by atoms with Gasteiger partial charge >= 0.3 is 0 Å². The van der Waals surface area contributed by atoms with Gasteiger partial charge in [0.05, 0.1) is 12.1 Å². The summed E-state index contributed by atoms with van der Waals surface area (Å²) in [5, 5.41) is 8.83. The van der Waals surface area contributed by atoms with E-state index in [0.29, 0.717) is 30.1 Å². The van der Waals surface area contributed by atoms with Gasteiger partial charge in [0.15, 0.2) is 0 Å². The van der Waals surface area contributed by atoms with Crippen molar-refractivity contribution in [2.75, 3.05) is 6.54 Å². The first-order chi connectivity index (χ1) is 13.5. The second-order valence-electron chi connectivity index (χ2n) is 7.60. The van der Waals surface area contributed by atoms with Crippen LogP contribution in [0, 0.1) is 0 Å². The van der Waals surface area contributed by atoms with Crippen LogP contribution >= 0.6 is 0 Å². The monoisotopic (exact) mass is 383 g/mol. The zero-order chi connectivity index (χ0) is 20.1. The molecular formula is C22H29N3O3. The lowest BCUT2D eigenvalue weighted by molar-refractivity contribution is 0.0706. The summed E-state index contributed by atoms with van der Waals surface area (Å²) < 4.78 is 1.98. The molecule has 28 heavy (non-hydrogen) atoms. The number of nitrogens with one attached hydrogen (secondary N) is 1. The van der Waals surface area contributed by atoms with E-state index in [-0.39, 0.29) is 5.91 Å². The number of aryl methyl sites for hydroxylation is 1. The topological polar surface area (TPSA) is 74.6 Å². The van der Waals surface area contributed by atoms with Gasteiger partial charge in [-0.15, -0.1) is 0 Å². The molecule has 0 saturated heterocycles. The van der Waals surface area contributed by atoms with Crippen LogP contribution in [-0.2, 0) is 13.1 Å². The van der Waals surface area contributed by atoms with Gasteiger partial charge in [0.1, 0.15) is 0 Å². The normalized spacial score (nSPS) is 14.9. The third-order valence-corrected chi connectivity index (χ3v) is 5.53. The molecule has 1 aromatic carbocycles. The van der Waals surface area contributed by atoms with E-state index in [1.165, 1.54) is 18.4 Å². The zero-order valence-corrected chi connectivity index (χ0v) is 16.6. The van der Waals surface area contributed by atoms with Crippen molar-refractivity contribution in [2.45, 2.75) is 58.5 Å². The molecule has 2 N–H and O–H groups in total. The molecule has 2 heterocycles. The minimum absolute atomic E-state index is 0.00979. The maximum Gasteiger partial charge on any atom is 0.276 e. The van der Waals surface area contributed by atoms with Gasteiger partial charge in [-0.25, -0.2) is 5.48 Å². The fourth-order valence-electron chi connectivity index (χ4n) is 3.78. The third-order valence-electron chi connectivity index (χ3n) is 5.53. The highest BCUT2D eigenvalue weighted by Crippen LogP contribution is 2.23. The van der Waals surface area contributed by atoms with E-state index in [2.05, 4.69) is 26.0 Å². The molecule has 0 saturated carbocycles. The number of fused-ring (bicyclic) bond motifs is 1. The Morgan fingerprint density at radius 3 is 2.61 bits per heavy atom. The summed E-state index contributed by atoms with van der Waals surface area (Å²) in [6, 6.07) is 9.72. The number of aromatic nitrogens is 1. The number of amides is 2. The maximum absolute atomic E-state index is 13.0. The summed E-state index contributed by atoms with van der Waals surface area (Å²) in [6.07, 6.45) is 6.11. The SMILES string of the molecule is CCCCC(C)c1ccc(C(=O)N2CCCn3cc(C(=O)NO)cc3C2)cc1. The first-order valence-electron chi connectivity index (χ1n) is 10.1. The highest BCUT2D eigenvalue weighted by atomic mass is 16.5. The van der Waals surface area contributed by atoms with Crippen molar-refractivity contribution in [3.63, 3.8) is 0 Å². The van der Waals surface area contributed by atoms with Crippen LogP contribution in [0.3, 0.4) is 0 Å². The Hall–Kier alpha value is -2.60. The molecule has 6 heteroatoms. The summed E-state index contributed by atoms with van der Waals surface area (Å²) in [5.41, 5.74) is 4.92. The van der Waals surface area contributed by atoms with Gasteiger partial charge in [0, 0.05) is 30.5 Å². The molecule has 2 amide bonds. The number of carbonyl (C=O) groups excluding carboxylic acids is 2. The molecule has 0 spiro atoms. The highest BCUT2D eigenvalue weighted by Gasteiger charge is 2.22. The second kappa shape index (κ2) is 9.06. The summed E-state index contributed by atoms with van der Waals surface area (Å²) >= 11 is 0. The average molecular weight is 383 g/mol. The molecule has 6 nitrogen and oxygen atoms in total. The zero-order valence-electron chi connectivity index (χ0n) is 16.6. The number of nitrogens with zero attached hydrogens (tertiary/aromatic N) is 2. The fourth-order valence-corrected chi connectivity index (χ4v) is 3.78. The standard InChI is InChI=1S/C22H29N3O3/c1-3-4-6-16(2)17-7-9-18(10-8-17)22(27)25-12-5-11-24-14-19(21(26)23-28)13-20(24)15-25/h7-10,13-14,16,28H,3-6,11-12,15H2,1-2H3,(H,23,26). The van der Waals surface area contributed by atoms with Gasteiger partial charge in [-0.2, -0.15) is 0 Å². The number of carbonyl (C=O) groups is 2. The van der Waals surface area contributed by atoms with Crippen LogP contribution in [0.4, 0.5) is 0 Å². The first kappa shape index (κ1) is 20.1. The van der Waals surface area contributed by atoms with Crippen molar-refractivity contribution in [1.29, 1.82) is 0 Å². The van der Waals surface area contributed by atoms with Crippen molar-refractivity contribution in [3.05, 3.63) is 58.9 Å². The van der Waals surface area contributed by atoms with E-state index in [0.717, 1.165) is 25.1 Å². The second-order valence-corrected chi connectivity index (χ2v) is 7.60. The smallest absolute Gasteiger partial charge is 0.276 e. The fraction of sp³-hybridized carbons (Fsp3) is 0.455. The lowest BCUT2D eigenvalue weighted by atomic mass is 9.94. The van der Waals surface area contributed by atoms with Crippen molar-refractivity contribution >= 4 is 11.8 Å². The van der Waals surface area contributed by atoms with Gasteiger partial charge in [0.25, 0.3) is 11.8 Å². The van der Waals surface area contributed by atoms with E-state index in [1.807, 2.05) is 21.6 Å². The van der Waals surface area contributed by atoms with Gasteiger partial charge in [-0.3, -0.25) is 14.8 Å². The number of hydrogen-bond donors (Lipinski definition) is 2. The van der Waals surface area contributed by atoms with Crippen LogP contribution in [0.1, 0.15) is 77.4 Å². The molecule has 1 aliphatic heterocycles. The van der Waals surface area contributed by atoms with E-state index in [1.54, 1.807) is 17.7 Å². The van der Waals surface area contributed by atoms with Crippen LogP contribution in [0.25, 0.3) is 0 Å². The number of hydroxylamine groups is 1. The molecule has 150 valence electrons. The molecule has 0 radical (unpaired) electrons. The Bertz CT molecular complexity index is 826. The Morgan fingerprint density at radius 2 is 1.93 bits per heavy atom. The summed E-state index contributed by atoms with van der Waals surface area (Å²) in [5.74, 6) is -0.0246. The first-order valence-corrected chi connectivity index (χ1v) is 10.1. The summed E-state index contributed by atoms with van der Waals surface area (Å²) in [4.78, 5) is 26.5. The van der Waals surface area contributed by atoms with Crippen molar-refractivity contribution in [2.24, 2.45) is 0 Å². The van der Waals surface area contributed by atoms with Gasteiger partial charge in [-0.1, -0.05) is 38.8 Å². The highest BCUT2D eigenvalue weighted by molar-refractivity contribution is 5.95. The van der Waals surface area contributed by atoms with E-state index in [4.69, 9.17) is 5.21 Å². The van der Waals surface area contributed by atoms with Crippen LogP contribution < -0.4 is 5.48 Å². The quantitative estimate of drug-likeness (QED) is 0.586. The van der Waals surface area contributed by atoms with Gasteiger partial charge < -0.3 is 9.47 Å². The molecule has 0 bridgehead atoms. The Labute approximate surface area is 166 Å². The Balaban J connectivity index is 1.71. The molecule has 1 atom stereocenters. The predicted molar refractivity (Wildman–Crippen MR) is 107 cm³/mol. The van der Waals surface area contributed by atoms with E-state index >= 15 is 0 Å². The number of rotatable bonds is 6. The molecule has 0 fully saturated rings. The molecule has 1 aliphatic rings. The van der Waals surface area contributed by atoms with E-state index in [9.17, 15) is 9.59 Å². The predicted octanol–water partition coefficient (Wildman–Crippen LogP) is 3.95. The summed E-state index contributed by atoms with van der Waals surface area (Å²) in [7, 11) is 0. The molecule has 3 rings (SSSR count). The van der Waals surface area contributed by atoms with Crippen LogP contribution in [0.15, 0.2) is 36.5 Å². The minimum atomic E-state index is -0.536. The van der Waals surface area contributed by atoms with Crippen LogP contribution in [0.2, 0.25) is 0 Å². The number of unbranched alkanes of at least 4 members (excludes halogenated alkanes) is 1.